The second kappa shape index (κ2) is 11.0. The molecule has 12 nitrogen and oxygen atoms in total. The fraction of sp³-hybridized carbons (Fsp3) is 0.385. The topological polar surface area (TPSA) is 157 Å². The van der Waals surface area contributed by atoms with Crippen LogP contribution in [0.25, 0.3) is 15.2 Å². The number of hydrogen-bond acceptors (Lipinski definition) is 9. The molecule has 0 aliphatic carbocycles. The third-order valence-corrected chi connectivity index (χ3v) is 7.58. The van der Waals surface area contributed by atoms with Gasteiger partial charge in [-0.3, -0.25) is 14.2 Å². The van der Waals surface area contributed by atoms with Crippen molar-refractivity contribution in [3.05, 3.63) is 68.4 Å². The Morgan fingerprint density at radius 3 is 2.58 bits per heavy atom. The fourth-order valence-corrected chi connectivity index (χ4v) is 5.55. The molecule has 0 aliphatic rings. The number of aliphatic hydroxyl groups is 1. The molecular formula is C26H28FN7O5S. The van der Waals surface area contributed by atoms with E-state index in [4.69, 9.17) is 10.00 Å². The second-order valence-corrected chi connectivity index (χ2v) is 10.9. The molecule has 4 aromatic rings. The Hall–Kier alpha value is -4.35. The number of benzene rings is 1. The lowest BCUT2D eigenvalue weighted by Crippen LogP contribution is -2.56. The van der Waals surface area contributed by atoms with Gasteiger partial charge in [-0.2, -0.15) is 15.5 Å². The number of nitrogens with one attached hydrogen (secondary N) is 1. The van der Waals surface area contributed by atoms with Crippen LogP contribution in [-0.4, -0.2) is 47.8 Å². The summed E-state index contributed by atoms with van der Waals surface area (Å²) in [5.74, 6) is -1.15. The maximum absolute atomic E-state index is 14.2. The maximum Gasteiger partial charge on any atom is 0.333 e. The van der Waals surface area contributed by atoms with E-state index in [0.717, 1.165) is 28.0 Å². The Bertz CT molecular complexity index is 1730. The average molecular weight is 570 g/mol. The number of nitriles is 1. The summed E-state index contributed by atoms with van der Waals surface area (Å²) in [6.07, 6.45) is 1.44. The molecule has 1 aromatic carbocycles. The summed E-state index contributed by atoms with van der Waals surface area (Å²) < 4.78 is 21.6. The lowest BCUT2D eigenvalue weighted by Gasteiger charge is -2.28. The van der Waals surface area contributed by atoms with E-state index < -0.39 is 41.2 Å². The number of thiophene rings is 1. The minimum absolute atomic E-state index is 0.00658. The van der Waals surface area contributed by atoms with Gasteiger partial charge in [0.2, 0.25) is 5.91 Å². The first kappa shape index (κ1) is 28.7. The SMILES string of the molecule is Cc1c(-n2nccn2)sc2c1c(=O)n(C(C)(C)C(=O)NC(C)C)c(=O)n2C[C@H](O)c1cc(F)ccc1OCC#N. The standard InChI is InChI=1S/C26H28FN7O5S/c1-14(2)31-24(37)26(4,5)33-21(36)20-15(3)22(34-29-9-10-30-34)40-23(20)32(25(33)38)13-18(35)17-12-16(27)6-7-19(17)39-11-8-28/h6-7,9-10,12,14,18,35H,11,13H2,1-5H3,(H,31,37)/t18-/m0/s1. The minimum Gasteiger partial charge on any atom is -0.478 e. The summed E-state index contributed by atoms with van der Waals surface area (Å²) in [6, 6.07) is 5.01. The van der Waals surface area contributed by atoms with E-state index in [1.54, 1.807) is 20.8 Å². The predicted molar refractivity (Wildman–Crippen MR) is 145 cm³/mol. The van der Waals surface area contributed by atoms with Gasteiger partial charge in [-0.05, 0) is 52.8 Å². The van der Waals surface area contributed by atoms with E-state index in [9.17, 15) is 23.9 Å². The quantitative estimate of drug-likeness (QED) is 0.310. The highest BCUT2D eigenvalue weighted by Gasteiger charge is 2.36. The van der Waals surface area contributed by atoms with Crippen LogP contribution in [0.3, 0.4) is 0 Å². The van der Waals surface area contributed by atoms with Crippen LogP contribution in [0.2, 0.25) is 0 Å². The number of hydrogen-bond donors (Lipinski definition) is 2. The molecule has 0 saturated heterocycles. The van der Waals surface area contributed by atoms with Gasteiger partial charge in [0, 0.05) is 17.2 Å². The summed E-state index contributed by atoms with van der Waals surface area (Å²) in [4.78, 5) is 42.6. The van der Waals surface area contributed by atoms with Crippen molar-refractivity contribution in [1.82, 2.24) is 29.4 Å². The number of carbonyl (C=O) groups is 1. The highest BCUT2D eigenvalue weighted by Crippen LogP contribution is 2.33. The molecule has 1 amide bonds. The van der Waals surface area contributed by atoms with Gasteiger partial charge >= 0.3 is 5.69 Å². The van der Waals surface area contributed by atoms with Crippen LogP contribution in [-0.2, 0) is 16.9 Å². The number of fused-ring (bicyclic) bond motifs is 1. The number of rotatable bonds is 9. The highest BCUT2D eigenvalue weighted by molar-refractivity contribution is 7.21. The van der Waals surface area contributed by atoms with Gasteiger partial charge < -0.3 is 15.2 Å². The molecule has 0 saturated carbocycles. The third kappa shape index (κ3) is 5.13. The Kier molecular flexibility index (Phi) is 7.90. The summed E-state index contributed by atoms with van der Waals surface area (Å²) in [5, 5.41) is 31.8. The molecular weight excluding hydrogens is 541 g/mol. The van der Waals surface area contributed by atoms with Crippen LogP contribution in [0.1, 0.15) is 44.9 Å². The molecule has 210 valence electrons. The van der Waals surface area contributed by atoms with Crippen molar-refractivity contribution in [2.45, 2.75) is 58.8 Å². The first-order valence-electron chi connectivity index (χ1n) is 12.3. The number of aryl methyl sites for hydroxylation is 1. The molecule has 0 spiro atoms. The molecule has 3 aromatic heterocycles. The first-order chi connectivity index (χ1) is 18.9. The smallest absolute Gasteiger partial charge is 0.333 e. The van der Waals surface area contributed by atoms with Gasteiger partial charge in [-0.1, -0.05) is 11.3 Å². The third-order valence-electron chi connectivity index (χ3n) is 6.30. The molecule has 40 heavy (non-hydrogen) atoms. The van der Waals surface area contributed by atoms with Gasteiger partial charge in [0.05, 0.1) is 24.3 Å². The molecule has 1 atom stereocenters. The number of halogens is 1. The molecule has 0 fully saturated rings. The zero-order valence-corrected chi connectivity index (χ0v) is 23.3. The normalized spacial score (nSPS) is 12.5. The average Bonchev–Trinajstić information content (AvgIpc) is 3.53. The van der Waals surface area contributed by atoms with Crippen molar-refractivity contribution in [2.75, 3.05) is 6.61 Å². The maximum atomic E-state index is 14.2. The molecule has 0 unspecified atom stereocenters. The van der Waals surface area contributed by atoms with Crippen LogP contribution in [0.4, 0.5) is 4.39 Å². The Balaban J connectivity index is 1.98. The predicted octanol–water partition coefficient (Wildman–Crippen LogP) is 2.15. The van der Waals surface area contributed by atoms with E-state index >= 15 is 0 Å². The minimum atomic E-state index is -1.61. The van der Waals surface area contributed by atoms with Gasteiger partial charge in [-0.25, -0.2) is 13.8 Å². The van der Waals surface area contributed by atoms with Crippen molar-refractivity contribution in [3.8, 4) is 16.8 Å². The lowest BCUT2D eigenvalue weighted by atomic mass is 10.0. The number of carbonyl (C=O) groups excluding carboxylic acids is 1. The number of aliphatic hydroxyl groups excluding tert-OH is 1. The highest BCUT2D eigenvalue weighted by atomic mass is 32.1. The zero-order valence-electron chi connectivity index (χ0n) is 22.5. The van der Waals surface area contributed by atoms with Crippen molar-refractivity contribution in [2.24, 2.45) is 0 Å². The van der Waals surface area contributed by atoms with Crippen LogP contribution in [0, 0.1) is 24.1 Å². The Morgan fingerprint density at radius 2 is 1.95 bits per heavy atom. The van der Waals surface area contributed by atoms with Crippen LogP contribution >= 0.6 is 11.3 Å². The monoisotopic (exact) mass is 569 g/mol. The van der Waals surface area contributed by atoms with Crippen LogP contribution < -0.4 is 21.3 Å². The van der Waals surface area contributed by atoms with E-state index in [0.29, 0.717) is 10.6 Å². The van der Waals surface area contributed by atoms with E-state index in [1.165, 1.54) is 41.7 Å². The fourth-order valence-electron chi connectivity index (χ4n) is 4.33. The summed E-state index contributed by atoms with van der Waals surface area (Å²) in [5.41, 5.74) is -2.67. The summed E-state index contributed by atoms with van der Waals surface area (Å²) in [7, 11) is 0. The van der Waals surface area contributed by atoms with Crippen molar-refractivity contribution in [1.29, 1.82) is 5.26 Å². The molecule has 3 heterocycles. The number of amides is 1. The largest absolute Gasteiger partial charge is 0.478 e. The molecule has 14 heteroatoms. The molecule has 2 N–H and O–H groups in total. The van der Waals surface area contributed by atoms with Crippen LogP contribution in [0.15, 0.2) is 40.2 Å². The molecule has 4 rings (SSSR count). The second-order valence-electron chi connectivity index (χ2n) is 9.90. The van der Waals surface area contributed by atoms with Gasteiger partial charge in [0.1, 0.15) is 39.1 Å². The number of nitrogens with zero attached hydrogens (tertiary/aromatic N) is 6. The van der Waals surface area contributed by atoms with Crippen molar-refractivity contribution < 1.29 is 19.0 Å². The first-order valence-corrected chi connectivity index (χ1v) is 13.1. The number of ether oxygens (including phenoxy) is 1. The van der Waals surface area contributed by atoms with Gasteiger partial charge in [0.15, 0.2) is 6.61 Å². The Morgan fingerprint density at radius 1 is 1.27 bits per heavy atom. The molecule has 0 aliphatic heterocycles. The molecule has 0 bridgehead atoms. The van der Waals surface area contributed by atoms with Gasteiger partial charge in [-0.15, -0.1) is 4.80 Å². The van der Waals surface area contributed by atoms with Crippen molar-refractivity contribution in [3.63, 3.8) is 0 Å². The summed E-state index contributed by atoms with van der Waals surface area (Å²) >= 11 is 1.06. The van der Waals surface area contributed by atoms with Crippen molar-refractivity contribution >= 4 is 27.5 Å². The summed E-state index contributed by atoms with van der Waals surface area (Å²) in [6.45, 7) is 7.34. The van der Waals surface area contributed by atoms with E-state index in [2.05, 4.69) is 15.5 Å². The van der Waals surface area contributed by atoms with E-state index in [-0.39, 0.29) is 34.2 Å². The Labute approximate surface area is 231 Å². The van der Waals surface area contributed by atoms with Crippen LogP contribution in [0.5, 0.6) is 5.75 Å². The molecule has 0 radical (unpaired) electrons. The van der Waals surface area contributed by atoms with Gasteiger partial charge in [0.25, 0.3) is 5.56 Å². The lowest BCUT2D eigenvalue weighted by molar-refractivity contribution is -0.129. The van der Waals surface area contributed by atoms with E-state index in [1.807, 2.05) is 6.07 Å². The number of aromatic nitrogens is 5. The zero-order chi connectivity index (χ0) is 29.4.